The number of nitrogen functional groups attached to an aromatic ring is 1. The van der Waals surface area contributed by atoms with Crippen molar-refractivity contribution in [2.24, 2.45) is 0 Å². The largest absolute Gasteiger partial charge is 0.393 e. The summed E-state index contributed by atoms with van der Waals surface area (Å²) in [6.45, 7) is 13.4. The first-order chi connectivity index (χ1) is 9.71. The summed E-state index contributed by atoms with van der Waals surface area (Å²) in [4.78, 5) is 15.7. The van der Waals surface area contributed by atoms with Crippen molar-refractivity contribution in [1.82, 2.24) is 14.9 Å². The molecule has 0 saturated carbocycles. The van der Waals surface area contributed by atoms with E-state index in [1.807, 2.05) is 0 Å². The summed E-state index contributed by atoms with van der Waals surface area (Å²) >= 11 is 0. The Kier molecular flexibility index (Phi) is 5.00. The Bertz CT molecular complexity index is 424. The van der Waals surface area contributed by atoms with E-state index in [1.54, 1.807) is 6.33 Å². The van der Waals surface area contributed by atoms with Crippen molar-refractivity contribution in [3.8, 4) is 0 Å². The number of hydrogen-bond acceptors (Lipinski definition) is 6. The first kappa shape index (κ1) is 14.8. The average molecular weight is 278 g/mol. The maximum atomic E-state index is 6.31. The number of nitrogens with two attached hydrogens (primary N) is 1. The quantitative estimate of drug-likeness (QED) is 0.868. The van der Waals surface area contributed by atoms with E-state index in [0.29, 0.717) is 5.69 Å². The van der Waals surface area contributed by atoms with Crippen LogP contribution in [0.25, 0.3) is 0 Å². The molecule has 2 heterocycles. The van der Waals surface area contributed by atoms with E-state index in [-0.39, 0.29) is 0 Å². The summed E-state index contributed by atoms with van der Waals surface area (Å²) in [5.74, 6) is 1.75. The van der Waals surface area contributed by atoms with Crippen molar-refractivity contribution in [3.05, 3.63) is 6.33 Å². The van der Waals surface area contributed by atoms with E-state index in [2.05, 4.69) is 45.4 Å². The number of likely N-dealkylation sites (N-methyl/N-ethyl adjacent to an activating group) is 1. The van der Waals surface area contributed by atoms with Gasteiger partial charge in [-0.15, -0.1) is 0 Å². The van der Waals surface area contributed by atoms with Crippen LogP contribution in [0.4, 0.5) is 17.3 Å². The van der Waals surface area contributed by atoms with Crippen LogP contribution in [-0.2, 0) is 0 Å². The SMILES string of the molecule is CCN1CCN(c2ncnc(N(CC)CC)c2N)CC1. The van der Waals surface area contributed by atoms with Crippen molar-refractivity contribution >= 4 is 17.3 Å². The van der Waals surface area contributed by atoms with Gasteiger partial charge in [-0.25, -0.2) is 9.97 Å². The van der Waals surface area contributed by atoms with Crippen LogP contribution in [0.3, 0.4) is 0 Å². The molecule has 1 saturated heterocycles. The molecule has 1 aliphatic heterocycles. The zero-order valence-electron chi connectivity index (χ0n) is 12.8. The number of hydrogen-bond donors (Lipinski definition) is 1. The Morgan fingerprint density at radius 2 is 1.75 bits per heavy atom. The zero-order valence-corrected chi connectivity index (χ0v) is 12.8. The molecule has 0 atom stereocenters. The van der Waals surface area contributed by atoms with Crippen molar-refractivity contribution in [2.45, 2.75) is 20.8 Å². The summed E-state index contributed by atoms with van der Waals surface area (Å²) in [5, 5.41) is 0. The minimum Gasteiger partial charge on any atom is -0.393 e. The normalized spacial score (nSPS) is 16.4. The van der Waals surface area contributed by atoms with Gasteiger partial charge in [0.15, 0.2) is 11.6 Å². The monoisotopic (exact) mass is 278 g/mol. The smallest absolute Gasteiger partial charge is 0.157 e. The summed E-state index contributed by atoms with van der Waals surface area (Å²) < 4.78 is 0. The first-order valence-corrected chi connectivity index (χ1v) is 7.53. The average Bonchev–Trinajstić information content (AvgIpc) is 2.50. The van der Waals surface area contributed by atoms with Gasteiger partial charge in [0.1, 0.15) is 12.0 Å². The van der Waals surface area contributed by atoms with Crippen molar-refractivity contribution in [1.29, 1.82) is 0 Å². The lowest BCUT2D eigenvalue weighted by Gasteiger charge is -2.35. The molecule has 6 heteroatoms. The zero-order chi connectivity index (χ0) is 14.5. The predicted molar refractivity (Wildman–Crippen MR) is 84.3 cm³/mol. The van der Waals surface area contributed by atoms with Crippen molar-refractivity contribution in [3.63, 3.8) is 0 Å². The molecule has 6 nitrogen and oxygen atoms in total. The van der Waals surface area contributed by atoms with Gasteiger partial charge in [-0.3, -0.25) is 0 Å². The maximum absolute atomic E-state index is 6.31. The topological polar surface area (TPSA) is 61.5 Å². The molecule has 0 aromatic carbocycles. The second-order valence-corrected chi connectivity index (χ2v) is 5.03. The fraction of sp³-hybridized carbons (Fsp3) is 0.714. The molecule has 2 rings (SSSR count). The lowest BCUT2D eigenvalue weighted by atomic mass is 10.3. The van der Waals surface area contributed by atoms with Crippen molar-refractivity contribution < 1.29 is 0 Å². The van der Waals surface area contributed by atoms with Crippen LogP contribution in [0.15, 0.2) is 6.33 Å². The van der Waals surface area contributed by atoms with E-state index < -0.39 is 0 Å². The molecule has 0 unspecified atom stereocenters. The van der Waals surface area contributed by atoms with E-state index in [4.69, 9.17) is 5.73 Å². The summed E-state index contributed by atoms with van der Waals surface area (Å²) in [5.41, 5.74) is 7.02. The molecule has 0 radical (unpaired) electrons. The van der Waals surface area contributed by atoms with Gasteiger partial charge < -0.3 is 20.4 Å². The fourth-order valence-corrected chi connectivity index (χ4v) is 2.68. The van der Waals surface area contributed by atoms with E-state index in [0.717, 1.165) is 57.4 Å². The number of aromatic nitrogens is 2. The Hall–Kier alpha value is -1.56. The first-order valence-electron chi connectivity index (χ1n) is 7.53. The van der Waals surface area contributed by atoms with Crippen LogP contribution >= 0.6 is 0 Å². The van der Waals surface area contributed by atoms with Crippen LogP contribution < -0.4 is 15.5 Å². The summed E-state index contributed by atoms with van der Waals surface area (Å²) in [6.07, 6.45) is 1.63. The molecule has 0 aliphatic carbocycles. The Morgan fingerprint density at radius 1 is 1.10 bits per heavy atom. The third-order valence-electron chi connectivity index (χ3n) is 4.02. The van der Waals surface area contributed by atoms with Crippen LogP contribution in [0, 0.1) is 0 Å². The third kappa shape index (κ3) is 2.95. The molecule has 0 spiro atoms. The van der Waals surface area contributed by atoms with E-state index in [1.165, 1.54) is 0 Å². The number of rotatable bonds is 5. The van der Waals surface area contributed by atoms with Gasteiger partial charge in [0.05, 0.1) is 0 Å². The standard InChI is InChI=1S/C14H26N6/c1-4-18-7-9-20(10-8-18)14-12(15)13(16-11-17-14)19(5-2)6-3/h11H,4-10,15H2,1-3H3. The van der Waals surface area contributed by atoms with Crippen molar-refractivity contribution in [2.75, 3.05) is 61.3 Å². The van der Waals surface area contributed by atoms with Crippen LogP contribution in [0.5, 0.6) is 0 Å². The van der Waals surface area contributed by atoms with E-state index >= 15 is 0 Å². The van der Waals surface area contributed by atoms with Crippen LogP contribution in [0.2, 0.25) is 0 Å². The highest BCUT2D eigenvalue weighted by Gasteiger charge is 2.21. The van der Waals surface area contributed by atoms with Crippen LogP contribution in [-0.4, -0.2) is 60.7 Å². The van der Waals surface area contributed by atoms with Gasteiger partial charge in [0.2, 0.25) is 0 Å². The highest BCUT2D eigenvalue weighted by Crippen LogP contribution is 2.29. The third-order valence-corrected chi connectivity index (χ3v) is 4.02. The van der Waals surface area contributed by atoms with Gasteiger partial charge in [-0.1, -0.05) is 6.92 Å². The molecule has 112 valence electrons. The molecular weight excluding hydrogens is 252 g/mol. The van der Waals surface area contributed by atoms with Gasteiger partial charge >= 0.3 is 0 Å². The molecule has 1 aromatic heterocycles. The summed E-state index contributed by atoms with van der Waals surface area (Å²) in [6, 6.07) is 0. The minimum atomic E-state index is 0.709. The molecule has 1 fully saturated rings. The van der Waals surface area contributed by atoms with Gasteiger partial charge in [0.25, 0.3) is 0 Å². The number of piperazine rings is 1. The Balaban J connectivity index is 2.19. The highest BCUT2D eigenvalue weighted by molar-refractivity contribution is 5.75. The highest BCUT2D eigenvalue weighted by atomic mass is 15.3. The van der Waals surface area contributed by atoms with Gasteiger partial charge in [-0.05, 0) is 20.4 Å². The fourth-order valence-electron chi connectivity index (χ4n) is 2.68. The van der Waals surface area contributed by atoms with Crippen LogP contribution in [0.1, 0.15) is 20.8 Å². The Morgan fingerprint density at radius 3 is 2.30 bits per heavy atom. The minimum absolute atomic E-state index is 0.709. The lowest BCUT2D eigenvalue weighted by molar-refractivity contribution is 0.270. The molecule has 2 N–H and O–H groups in total. The lowest BCUT2D eigenvalue weighted by Crippen LogP contribution is -2.46. The van der Waals surface area contributed by atoms with E-state index in [9.17, 15) is 0 Å². The predicted octanol–water partition coefficient (Wildman–Crippen LogP) is 1.05. The summed E-state index contributed by atoms with van der Waals surface area (Å²) in [7, 11) is 0. The number of nitrogens with zero attached hydrogens (tertiary/aromatic N) is 5. The molecule has 0 amide bonds. The second-order valence-electron chi connectivity index (χ2n) is 5.03. The molecule has 1 aromatic rings. The Labute approximate surface area is 121 Å². The molecule has 1 aliphatic rings. The molecule has 20 heavy (non-hydrogen) atoms. The maximum Gasteiger partial charge on any atom is 0.157 e. The van der Waals surface area contributed by atoms with Gasteiger partial charge in [-0.2, -0.15) is 0 Å². The molecular formula is C14H26N6. The molecule has 0 bridgehead atoms. The second kappa shape index (κ2) is 6.74. The van der Waals surface area contributed by atoms with Gasteiger partial charge in [0, 0.05) is 39.3 Å². The number of anilines is 3.